The lowest BCUT2D eigenvalue weighted by Crippen LogP contribution is -2.41. The van der Waals surface area contributed by atoms with E-state index in [1.165, 1.54) is 0 Å². The molecule has 1 aliphatic rings. The van der Waals surface area contributed by atoms with Crippen LogP contribution in [0.15, 0.2) is 41.3 Å². The Balaban J connectivity index is 1.90. The van der Waals surface area contributed by atoms with Crippen LogP contribution in [0.5, 0.6) is 0 Å². The quantitative estimate of drug-likeness (QED) is 0.727. The van der Waals surface area contributed by atoms with Crippen LogP contribution < -0.4 is 5.32 Å². The van der Waals surface area contributed by atoms with Gasteiger partial charge in [0.2, 0.25) is 10.0 Å². The normalized spacial score (nSPS) is 17.4. The van der Waals surface area contributed by atoms with E-state index in [2.05, 4.69) is 10.1 Å². The third-order valence-corrected chi connectivity index (χ3v) is 6.05. The molecule has 2 aromatic rings. The van der Waals surface area contributed by atoms with Crippen molar-refractivity contribution in [3.8, 4) is 0 Å². The van der Waals surface area contributed by atoms with E-state index >= 15 is 0 Å². The summed E-state index contributed by atoms with van der Waals surface area (Å²) >= 11 is 0. The van der Waals surface area contributed by atoms with Crippen LogP contribution in [-0.2, 0) is 14.8 Å². The predicted octanol–water partition coefficient (Wildman–Crippen LogP) is 3.01. The van der Waals surface area contributed by atoms with Gasteiger partial charge in [0, 0.05) is 23.9 Å². The summed E-state index contributed by atoms with van der Waals surface area (Å²) in [7, 11) is -4.72. The lowest BCUT2D eigenvalue weighted by molar-refractivity contribution is -0.0631. The molecule has 30 heavy (non-hydrogen) atoms. The predicted molar refractivity (Wildman–Crippen MR) is 95.2 cm³/mol. The molecule has 0 aromatic heterocycles. The SMILES string of the molecule is O=C(Nc1ccc(F)c(F)c1)c1ccc(F)c(S(=O)(=O)N2CCOCC(F)(F)C2)c1. The highest BCUT2D eigenvalue weighted by atomic mass is 32.2. The van der Waals surface area contributed by atoms with Crippen molar-refractivity contribution in [1.82, 2.24) is 4.31 Å². The Morgan fingerprint density at radius 3 is 2.43 bits per heavy atom. The third-order valence-electron chi connectivity index (χ3n) is 4.19. The van der Waals surface area contributed by atoms with E-state index in [0.717, 1.165) is 18.2 Å². The first kappa shape index (κ1) is 22.1. The minimum Gasteiger partial charge on any atom is -0.374 e. The summed E-state index contributed by atoms with van der Waals surface area (Å²) in [6.45, 7) is -2.92. The molecule has 12 heteroatoms. The largest absolute Gasteiger partial charge is 0.374 e. The Hall–Kier alpha value is -2.57. The van der Waals surface area contributed by atoms with Crippen LogP contribution in [0.4, 0.5) is 27.6 Å². The molecule has 0 bridgehead atoms. The van der Waals surface area contributed by atoms with E-state index in [1.54, 1.807) is 0 Å². The van der Waals surface area contributed by atoms with Gasteiger partial charge in [-0.2, -0.15) is 4.31 Å². The Morgan fingerprint density at radius 1 is 1.03 bits per heavy atom. The molecule has 1 aliphatic heterocycles. The van der Waals surface area contributed by atoms with Crippen molar-refractivity contribution in [2.75, 3.05) is 31.6 Å². The number of hydrogen-bond donors (Lipinski definition) is 1. The Bertz CT molecular complexity index is 1080. The Kier molecular flexibility index (Phi) is 6.11. The van der Waals surface area contributed by atoms with E-state index in [1.807, 2.05) is 0 Å². The van der Waals surface area contributed by atoms with Crippen molar-refractivity contribution in [3.05, 3.63) is 59.4 Å². The maximum Gasteiger partial charge on any atom is 0.284 e. The molecule has 0 unspecified atom stereocenters. The molecule has 0 spiro atoms. The number of rotatable bonds is 4. The summed E-state index contributed by atoms with van der Waals surface area (Å²) in [5, 5.41) is 2.21. The van der Waals surface area contributed by atoms with E-state index in [-0.39, 0.29) is 17.9 Å². The molecule has 2 aromatic carbocycles. The number of halogens is 5. The highest BCUT2D eigenvalue weighted by molar-refractivity contribution is 7.89. The van der Waals surface area contributed by atoms with E-state index in [0.29, 0.717) is 22.5 Å². The Morgan fingerprint density at radius 2 is 1.73 bits per heavy atom. The number of anilines is 1. The molecule has 6 nitrogen and oxygen atoms in total. The van der Waals surface area contributed by atoms with Gasteiger partial charge >= 0.3 is 0 Å². The number of carbonyl (C=O) groups excluding carboxylic acids is 1. The van der Waals surface area contributed by atoms with Gasteiger partial charge < -0.3 is 10.1 Å². The van der Waals surface area contributed by atoms with Gasteiger partial charge in [0.1, 0.15) is 17.3 Å². The highest BCUT2D eigenvalue weighted by Gasteiger charge is 2.40. The maximum absolute atomic E-state index is 14.3. The van der Waals surface area contributed by atoms with Gasteiger partial charge in [0.05, 0.1) is 13.2 Å². The van der Waals surface area contributed by atoms with Gasteiger partial charge in [-0.05, 0) is 30.3 Å². The molecule has 1 saturated heterocycles. The molecule has 0 atom stereocenters. The van der Waals surface area contributed by atoms with Gasteiger partial charge in [-0.3, -0.25) is 4.79 Å². The molecule has 1 amide bonds. The maximum atomic E-state index is 14.3. The van der Waals surface area contributed by atoms with Gasteiger partial charge in [-0.25, -0.2) is 30.4 Å². The molecule has 1 N–H and O–H groups in total. The zero-order valence-corrected chi connectivity index (χ0v) is 16.0. The number of alkyl halides is 2. The van der Waals surface area contributed by atoms with Gasteiger partial charge in [-0.15, -0.1) is 0 Å². The first-order chi connectivity index (χ1) is 14.0. The van der Waals surface area contributed by atoms with E-state index < -0.39 is 63.9 Å². The summed E-state index contributed by atoms with van der Waals surface area (Å²) in [4.78, 5) is 11.4. The molecular weight excluding hydrogens is 435 g/mol. The number of nitrogens with zero attached hydrogens (tertiary/aromatic N) is 1. The average Bonchev–Trinajstić information content (AvgIpc) is 2.86. The second-order valence-electron chi connectivity index (χ2n) is 6.48. The number of nitrogens with one attached hydrogen (secondary N) is 1. The van der Waals surface area contributed by atoms with Crippen molar-refractivity contribution in [1.29, 1.82) is 0 Å². The lowest BCUT2D eigenvalue weighted by Gasteiger charge is -2.23. The second kappa shape index (κ2) is 8.28. The number of sulfonamides is 1. The topological polar surface area (TPSA) is 75.7 Å². The molecule has 3 rings (SSSR count). The minimum absolute atomic E-state index is 0.128. The van der Waals surface area contributed by atoms with Crippen molar-refractivity contribution in [2.24, 2.45) is 0 Å². The highest BCUT2D eigenvalue weighted by Crippen LogP contribution is 2.26. The first-order valence-electron chi connectivity index (χ1n) is 8.51. The fourth-order valence-corrected chi connectivity index (χ4v) is 4.28. The van der Waals surface area contributed by atoms with Crippen LogP contribution in [0.1, 0.15) is 10.4 Å². The van der Waals surface area contributed by atoms with Crippen LogP contribution in [-0.4, -0.2) is 50.9 Å². The molecule has 1 heterocycles. The van der Waals surface area contributed by atoms with Crippen molar-refractivity contribution >= 4 is 21.6 Å². The summed E-state index contributed by atoms with van der Waals surface area (Å²) in [6, 6.07) is 4.88. The van der Waals surface area contributed by atoms with Crippen LogP contribution in [0, 0.1) is 17.5 Å². The van der Waals surface area contributed by atoms with Crippen LogP contribution >= 0.6 is 0 Å². The van der Waals surface area contributed by atoms with Gasteiger partial charge in [0.25, 0.3) is 11.8 Å². The van der Waals surface area contributed by atoms with Crippen molar-refractivity contribution < 1.29 is 39.9 Å². The smallest absolute Gasteiger partial charge is 0.284 e. The van der Waals surface area contributed by atoms with Crippen molar-refractivity contribution in [3.63, 3.8) is 0 Å². The van der Waals surface area contributed by atoms with Crippen molar-refractivity contribution in [2.45, 2.75) is 10.8 Å². The average molecular weight is 450 g/mol. The standard InChI is InChI=1S/C18H15F5N2O4S/c19-13-4-2-12(8-15(13)21)24-17(26)11-1-3-14(20)16(7-11)30(27,28)25-5-6-29-10-18(22,23)9-25/h1-4,7-8H,5-6,9-10H2,(H,24,26). The number of ether oxygens (including phenoxy) is 1. The third kappa shape index (κ3) is 4.77. The number of hydrogen-bond acceptors (Lipinski definition) is 4. The lowest BCUT2D eigenvalue weighted by atomic mass is 10.2. The first-order valence-corrected chi connectivity index (χ1v) is 9.95. The Labute approximate surface area is 168 Å². The number of benzene rings is 2. The summed E-state index contributed by atoms with van der Waals surface area (Å²) in [5.74, 6) is -8.02. The molecule has 162 valence electrons. The molecule has 0 saturated carbocycles. The van der Waals surface area contributed by atoms with E-state index in [9.17, 15) is 35.2 Å². The molecule has 0 radical (unpaired) electrons. The van der Waals surface area contributed by atoms with Crippen LogP contribution in [0.3, 0.4) is 0 Å². The monoisotopic (exact) mass is 450 g/mol. The van der Waals surface area contributed by atoms with Gasteiger partial charge in [0.15, 0.2) is 11.6 Å². The molecule has 1 fully saturated rings. The van der Waals surface area contributed by atoms with Gasteiger partial charge in [-0.1, -0.05) is 0 Å². The fourth-order valence-electron chi connectivity index (χ4n) is 2.73. The summed E-state index contributed by atoms with van der Waals surface area (Å²) < 4.78 is 98.5. The fraction of sp³-hybridized carbons (Fsp3) is 0.278. The number of carbonyl (C=O) groups is 1. The summed E-state index contributed by atoms with van der Waals surface area (Å²) in [6.07, 6.45) is 0. The second-order valence-corrected chi connectivity index (χ2v) is 8.38. The summed E-state index contributed by atoms with van der Waals surface area (Å²) in [5.41, 5.74) is -0.463. The van der Waals surface area contributed by atoms with E-state index in [4.69, 9.17) is 0 Å². The molecular formula is C18H15F5N2O4S. The number of amides is 1. The minimum atomic E-state index is -4.72. The zero-order valence-electron chi connectivity index (χ0n) is 15.2. The zero-order chi connectivity index (χ0) is 22.1. The molecule has 0 aliphatic carbocycles. The van der Waals surface area contributed by atoms with Crippen LogP contribution in [0.2, 0.25) is 0 Å². The van der Waals surface area contributed by atoms with Crippen LogP contribution in [0.25, 0.3) is 0 Å².